The number of hydrogen-bond acceptors (Lipinski definition) is 4. The van der Waals surface area contributed by atoms with E-state index in [1.54, 1.807) is 7.11 Å². The van der Waals surface area contributed by atoms with Crippen LogP contribution in [-0.2, 0) is 6.42 Å². The first-order chi connectivity index (χ1) is 11.6. The van der Waals surface area contributed by atoms with Gasteiger partial charge in [-0.1, -0.05) is 6.07 Å². The molecule has 3 aromatic rings. The first-order valence-electron chi connectivity index (χ1n) is 8.24. The Hall–Kier alpha value is -2.75. The van der Waals surface area contributed by atoms with Crippen molar-refractivity contribution in [3.05, 3.63) is 59.2 Å². The molecule has 1 aromatic heterocycles. The lowest BCUT2D eigenvalue weighted by atomic mass is 10.0. The maximum absolute atomic E-state index is 5.83. The minimum absolute atomic E-state index is 0.231. The Morgan fingerprint density at radius 2 is 2.04 bits per heavy atom. The second kappa shape index (κ2) is 5.71. The molecule has 1 atom stereocenters. The monoisotopic (exact) mass is 319 g/mol. The van der Waals surface area contributed by atoms with E-state index in [1.807, 2.05) is 24.3 Å². The highest BCUT2D eigenvalue weighted by Crippen LogP contribution is 2.40. The SMILES string of the molecule is COc1cc(C)cc2c1C(Nc1ccc3cc(N)ccc3n1)CC2. The molecule has 0 spiro atoms. The maximum Gasteiger partial charge on any atom is 0.127 e. The number of ether oxygens (including phenoxy) is 1. The summed E-state index contributed by atoms with van der Waals surface area (Å²) in [5.74, 6) is 1.85. The molecule has 0 fully saturated rings. The Kier molecular flexibility index (Phi) is 3.53. The van der Waals surface area contributed by atoms with Gasteiger partial charge in [-0.25, -0.2) is 4.98 Å². The molecule has 122 valence electrons. The third-order valence-electron chi connectivity index (χ3n) is 4.68. The number of pyridine rings is 1. The van der Waals surface area contributed by atoms with Gasteiger partial charge in [0.25, 0.3) is 0 Å². The largest absolute Gasteiger partial charge is 0.496 e. The van der Waals surface area contributed by atoms with E-state index in [0.29, 0.717) is 0 Å². The molecular formula is C20H21N3O. The molecule has 4 nitrogen and oxygen atoms in total. The molecule has 3 N–H and O–H groups in total. The summed E-state index contributed by atoms with van der Waals surface area (Å²) >= 11 is 0. The number of anilines is 2. The summed E-state index contributed by atoms with van der Waals surface area (Å²) in [6.07, 6.45) is 2.12. The van der Waals surface area contributed by atoms with Crippen LogP contribution in [0.1, 0.15) is 29.2 Å². The van der Waals surface area contributed by atoms with Crippen LogP contribution in [0.15, 0.2) is 42.5 Å². The number of methoxy groups -OCH3 is 1. The highest BCUT2D eigenvalue weighted by atomic mass is 16.5. The van der Waals surface area contributed by atoms with Gasteiger partial charge in [-0.15, -0.1) is 0 Å². The normalized spacial score (nSPS) is 16.2. The minimum atomic E-state index is 0.231. The van der Waals surface area contributed by atoms with E-state index in [2.05, 4.69) is 30.4 Å². The van der Waals surface area contributed by atoms with Crippen LogP contribution in [0.2, 0.25) is 0 Å². The van der Waals surface area contributed by atoms with Gasteiger partial charge in [0, 0.05) is 16.6 Å². The van der Waals surface area contributed by atoms with Crippen LogP contribution in [0, 0.1) is 6.92 Å². The lowest BCUT2D eigenvalue weighted by molar-refractivity contribution is 0.407. The van der Waals surface area contributed by atoms with Gasteiger partial charge in [-0.05, 0) is 67.3 Å². The molecular weight excluding hydrogens is 298 g/mol. The summed E-state index contributed by atoms with van der Waals surface area (Å²) < 4.78 is 5.61. The summed E-state index contributed by atoms with van der Waals surface area (Å²) in [7, 11) is 1.74. The van der Waals surface area contributed by atoms with Crippen LogP contribution in [-0.4, -0.2) is 12.1 Å². The quantitative estimate of drug-likeness (QED) is 0.709. The number of benzene rings is 2. The predicted octanol–water partition coefficient (Wildman–Crippen LogP) is 4.23. The molecule has 1 aliphatic carbocycles. The van der Waals surface area contributed by atoms with Crippen molar-refractivity contribution >= 4 is 22.4 Å². The smallest absolute Gasteiger partial charge is 0.127 e. The molecule has 24 heavy (non-hydrogen) atoms. The van der Waals surface area contributed by atoms with Gasteiger partial charge < -0.3 is 15.8 Å². The Bertz CT molecular complexity index is 920. The van der Waals surface area contributed by atoms with Crippen molar-refractivity contribution in [3.8, 4) is 5.75 Å². The lowest BCUT2D eigenvalue weighted by Gasteiger charge is -2.18. The van der Waals surface area contributed by atoms with Gasteiger partial charge in [0.2, 0.25) is 0 Å². The summed E-state index contributed by atoms with van der Waals surface area (Å²) in [4.78, 5) is 4.72. The summed E-state index contributed by atoms with van der Waals surface area (Å²) in [6.45, 7) is 2.11. The predicted molar refractivity (Wildman–Crippen MR) is 98.6 cm³/mol. The van der Waals surface area contributed by atoms with Crippen LogP contribution in [0.5, 0.6) is 5.75 Å². The van der Waals surface area contributed by atoms with Crippen molar-refractivity contribution in [3.63, 3.8) is 0 Å². The maximum atomic E-state index is 5.83. The molecule has 0 bridgehead atoms. The van der Waals surface area contributed by atoms with Gasteiger partial charge >= 0.3 is 0 Å². The van der Waals surface area contributed by atoms with E-state index in [9.17, 15) is 0 Å². The van der Waals surface area contributed by atoms with Gasteiger partial charge in [0.15, 0.2) is 0 Å². The Morgan fingerprint density at radius 3 is 2.88 bits per heavy atom. The second-order valence-corrected chi connectivity index (χ2v) is 6.42. The van der Waals surface area contributed by atoms with Gasteiger partial charge in [0.05, 0.1) is 18.7 Å². The third-order valence-corrected chi connectivity index (χ3v) is 4.68. The van der Waals surface area contributed by atoms with Crippen molar-refractivity contribution < 1.29 is 4.74 Å². The number of fused-ring (bicyclic) bond motifs is 2. The standard InChI is InChI=1S/C20H21N3O/c1-12-9-14-3-6-17(20(14)18(10-12)24-2)23-19-8-4-13-11-15(21)5-7-16(13)22-19/h4-5,7-11,17H,3,6,21H2,1-2H3,(H,22,23). The van der Waals surface area contributed by atoms with Gasteiger partial charge in [-0.2, -0.15) is 0 Å². The van der Waals surface area contributed by atoms with E-state index in [-0.39, 0.29) is 6.04 Å². The molecule has 0 saturated carbocycles. The van der Waals surface area contributed by atoms with Crippen LogP contribution >= 0.6 is 0 Å². The molecule has 2 aromatic carbocycles. The summed E-state index contributed by atoms with van der Waals surface area (Å²) in [6, 6.07) is 14.5. The van der Waals surface area contributed by atoms with E-state index < -0.39 is 0 Å². The zero-order chi connectivity index (χ0) is 16.7. The van der Waals surface area contributed by atoms with Crippen molar-refractivity contribution in [1.29, 1.82) is 0 Å². The molecule has 1 aliphatic rings. The van der Waals surface area contributed by atoms with Crippen molar-refractivity contribution in [2.75, 3.05) is 18.2 Å². The van der Waals surface area contributed by atoms with Crippen LogP contribution in [0.25, 0.3) is 10.9 Å². The van der Waals surface area contributed by atoms with E-state index >= 15 is 0 Å². The fraction of sp³-hybridized carbons (Fsp3) is 0.250. The number of nitrogens with zero attached hydrogens (tertiary/aromatic N) is 1. The molecule has 4 heteroatoms. The molecule has 4 rings (SSSR count). The highest BCUT2D eigenvalue weighted by Gasteiger charge is 2.26. The fourth-order valence-corrected chi connectivity index (χ4v) is 3.60. The first kappa shape index (κ1) is 14.8. The number of hydrogen-bond donors (Lipinski definition) is 2. The van der Waals surface area contributed by atoms with Crippen molar-refractivity contribution in [2.45, 2.75) is 25.8 Å². The number of nitrogens with two attached hydrogens (primary N) is 1. The fourth-order valence-electron chi connectivity index (χ4n) is 3.60. The minimum Gasteiger partial charge on any atom is -0.496 e. The van der Waals surface area contributed by atoms with Crippen LogP contribution in [0.3, 0.4) is 0 Å². The van der Waals surface area contributed by atoms with Crippen molar-refractivity contribution in [2.24, 2.45) is 0 Å². The van der Waals surface area contributed by atoms with E-state index in [4.69, 9.17) is 15.5 Å². The number of aromatic nitrogens is 1. The zero-order valence-electron chi connectivity index (χ0n) is 14.0. The average Bonchev–Trinajstić information content (AvgIpc) is 2.97. The molecule has 0 saturated heterocycles. The lowest BCUT2D eigenvalue weighted by Crippen LogP contribution is -2.09. The zero-order valence-corrected chi connectivity index (χ0v) is 14.0. The van der Waals surface area contributed by atoms with Crippen LogP contribution in [0.4, 0.5) is 11.5 Å². The number of aryl methyl sites for hydroxylation is 2. The molecule has 0 radical (unpaired) electrons. The van der Waals surface area contributed by atoms with Gasteiger partial charge in [0.1, 0.15) is 11.6 Å². The number of nitrogens with one attached hydrogen (secondary N) is 1. The highest BCUT2D eigenvalue weighted by molar-refractivity contribution is 5.83. The molecule has 0 aliphatic heterocycles. The Balaban J connectivity index is 1.67. The van der Waals surface area contributed by atoms with Crippen molar-refractivity contribution in [1.82, 2.24) is 4.98 Å². The topological polar surface area (TPSA) is 60.2 Å². The molecule has 0 amide bonds. The number of rotatable bonds is 3. The third kappa shape index (κ3) is 2.54. The average molecular weight is 319 g/mol. The first-order valence-corrected chi connectivity index (χ1v) is 8.24. The van der Waals surface area contributed by atoms with Crippen LogP contribution < -0.4 is 15.8 Å². The Morgan fingerprint density at radius 1 is 1.17 bits per heavy atom. The van der Waals surface area contributed by atoms with E-state index in [1.165, 1.54) is 16.7 Å². The van der Waals surface area contributed by atoms with E-state index in [0.717, 1.165) is 41.0 Å². The van der Waals surface area contributed by atoms with Gasteiger partial charge in [-0.3, -0.25) is 0 Å². The second-order valence-electron chi connectivity index (χ2n) is 6.42. The Labute approximate surface area is 141 Å². The summed E-state index contributed by atoms with van der Waals surface area (Å²) in [5.41, 5.74) is 11.4. The molecule has 1 unspecified atom stereocenters. The molecule has 1 heterocycles. The number of nitrogen functional groups attached to an aromatic ring is 1. The summed E-state index contributed by atoms with van der Waals surface area (Å²) in [5, 5.41) is 4.63.